The van der Waals surface area contributed by atoms with E-state index in [1.165, 1.54) is 19.3 Å². The molecule has 0 saturated heterocycles. The summed E-state index contributed by atoms with van der Waals surface area (Å²) in [5.74, 6) is 1.64. The van der Waals surface area contributed by atoms with Gasteiger partial charge in [-0.25, -0.2) is 4.39 Å². The zero-order chi connectivity index (χ0) is 12.3. The van der Waals surface area contributed by atoms with Gasteiger partial charge in [0.2, 0.25) is 0 Å². The quantitative estimate of drug-likeness (QED) is 0.601. The molecule has 0 aromatic heterocycles. The Hall–Kier alpha value is 0.220. The molecule has 0 aromatic rings. The highest BCUT2D eigenvalue weighted by molar-refractivity contribution is 6.20. The second-order valence-electron chi connectivity index (χ2n) is 6.16. The molecule has 2 aliphatic carbocycles. The molecular formula is C15H26ClF. The van der Waals surface area contributed by atoms with Crippen LogP contribution in [0.5, 0.6) is 0 Å². The molecule has 2 fully saturated rings. The fourth-order valence-electron chi connectivity index (χ4n) is 3.93. The Labute approximate surface area is 110 Å². The van der Waals surface area contributed by atoms with Gasteiger partial charge in [0.15, 0.2) is 0 Å². The smallest absolute Gasteiger partial charge is 0.103 e. The van der Waals surface area contributed by atoms with Gasteiger partial charge in [-0.05, 0) is 62.7 Å². The van der Waals surface area contributed by atoms with Crippen molar-refractivity contribution in [3.8, 4) is 0 Å². The van der Waals surface area contributed by atoms with E-state index >= 15 is 0 Å². The monoisotopic (exact) mass is 260 g/mol. The standard InChI is InChI=1S/C15H26ClF/c1-2-3-11-4-9-14(15(17)10-11)12-5-7-13(16)8-6-12/h11-15H,2-10H2,1H3. The van der Waals surface area contributed by atoms with E-state index < -0.39 is 6.17 Å². The molecule has 3 unspecified atom stereocenters. The van der Waals surface area contributed by atoms with Crippen LogP contribution in [0.4, 0.5) is 4.39 Å². The third-order valence-corrected chi connectivity index (χ3v) is 5.37. The van der Waals surface area contributed by atoms with E-state index in [0.29, 0.717) is 23.1 Å². The van der Waals surface area contributed by atoms with Crippen LogP contribution < -0.4 is 0 Å². The predicted octanol–water partition coefficient (Wildman–Crippen LogP) is 5.34. The van der Waals surface area contributed by atoms with Gasteiger partial charge in [-0.3, -0.25) is 0 Å². The Kier molecular flexibility index (Phi) is 5.14. The van der Waals surface area contributed by atoms with Gasteiger partial charge >= 0.3 is 0 Å². The minimum absolute atomic E-state index is 0.354. The Morgan fingerprint density at radius 2 is 1.76 bits per heavy atom. The zero-order valence-electron chi connectivity index (χ0n) is 11.0. The highest BCUT2D eigenvalue weighted by atomic mass is 35.5. The van der Waals surface area contributed by atoms with Crippen molar-refractivity contribution >= 4 is 11.6 Å². The van der Waals surface area contributed by atoms with Gasteiger partial charge in [0.1, 0.15) is 6.17 Å². The number of hydrogen-bond donors (Lipinski definition) is 0. The van der Waals surface area contributed by atoms with E-state index in [4.69, 9.17) is 11.6 Å². The van der Waals surface area contributed by atoms with Crippen LogP contribution >= 0.6 is 11.6 Å². The Bertz CT molecular complexity index is 223. The maximum absolute atomic E-state index is 14.3. The first-order valence-electron chi connectivity index (χ1n) is 7.48. The second-order valence-corrected chi connectivity index (χ2v) is 6.78. The van der Waals surface area contributed by atoms with E-state index in [2.05, 4.69) is 6.92 Å². The third-order valence-electron chi connectivity index (χ3n) is 4.94. The first-order chi connectivity index (χ1) is 8.20. The first-order valence-corrected chi connectivity index (χ1v) is 7.92. The molecule has 0 heterocycles. The minimum Gasteiger partial charge on any atom is -0.247 e. The highest BCUT2D eigenvalue weighted by Crippen LogP contribution is 2.43. The maximum Gasteiger partial charge on any atom is 0.103 e. The first kappa shape index (κ1) is 13.6. The van der Waals surface area contributed by atoms with E-state index in [1.54, 1.807) is 0 Å². The van der Waals surface area contributed by atoms with Gasteiger partial charge in [-0.15, -0.1) is 11.6 Å². The Morgan fingerprint density at radius 1 is 1.06 bits per heavy atom. The van der Waals surface area contributed by atoms with Gasteiger partial charge in [0.05, 0.1) is 0 Å². The molecule has 17 heavy (non-hydrogen) atoms. The van der Waals surface area contributed by atoms with Crippen molar-refractivity contribution in [3.63, 3.8) is 0 Å². The maximum atomic E-state index is 14.3. The second kappa shape index (κ2) is 6.41. The van der Waals surface area contributed by atoms with Gasteiger partial charge in [-0.1, -0.05) is 19.8 Å². The average Bonchev–Trinajstić information content (AvgIpc) is 2.31. The van der Waals surface area contributed by atoms with Crippen molar-refractivity contribution in [3.05, 3.63) is 0 Å². The van der Waals surface area contributed by atoms with Crippen LogP contribution in [0.1, 0.15) is 64.7 Å². The fourth-order valence-corrected chi connectivity index (χ4v) is 4.18. The Morgan fingerprint density at radius 3 is 2.35 bits per heavy atom. The van der Waals surface area contributed by atoms with Gasteiger partial charge in [-0.2, -0.15) is 0 Å². The predicted molar refractivity (Wildman–Crippen MR) is 72.2 cm³/mol. The van der Waals surface area contributed by atoms with E-state index in [1.807, 2.05) is 0 Å². The minimum atomic E-state index is -0.530. The molecule has 2 aliphatic rings. The lowest BCUT2D eigenvalue weighted by Gasteiger charge is -2.39. The summed E-state index contributed by atoms with van der Waals surface area (Å²) in [7, 11) is 0. The van der Waals surface area contributed by atoms with E-state index in [0.717, 1.165) is 38.5 Å². The summed E-state index contributed by atoms with van der Waals surface area (Å²) in [6.07, 6.45) is 9.66. The van der Waals surface area contributed by atoms with Crippen molar-refractivity contribution in [2.45, 2.75) is 76.3 Å². The molecule has 0 bridgehead atoms. The lowest BCUT2D eigenvalue weighted by atomic mass is 9.69. The van der Waals surface area contributed by atoms with Crippen LogP contribution in [0.3, 0.4) is 0 Å². The lowest BCUT2D eigenvalue weighted by molar-refractivity contribution is 0.0647. The van der Waals surface area contributed by atoms with Crippen LogP contribution in [0.25, 0.3) is 0 Å². The lowest BCUT2D eigenvalue weighted by Crippen LogP contribution is -2.34. The third kappa shape index (κ3) is 3.59. The zero-order valence-corrected chi connectivity index (χ0v) is 11.8. The van der Waals surface area contributed by atoms with Crippen molar-refractivity contribution in [2.24, 2.45) is 17.8 Å². The molecule has 0 amide bonds. The van der Waals surface area contributed by atoms with Crippen molar-refractivity contribution in [2.75, 3.05) is 0 Å². The van der Waals surface area contributed by atoms with Crippen LogP contribution in [-0.2, 0) is 0 Å². The van der Waals surface area contributed by atoms with Crippen LogP contribution in [0, 0.1) is 17.8 Å². The van der Waals surface area contributed by atoms with Gasteiger partial charge in [0, 0.05) is 5.38 Å². The molecule has 0 radical (unpaired) electrons. The highest BCUT2D eigenvalue weighted by Gasteiger charge is 2.36. The molecule has 0 aliphatic heterocycles. The number of hydrogen-bond acceptors (Lipinski definition) is 0. The summed E-state index contributed by atoms with van der Waals surface area (Å²) in [6.45, 7) is 2.21. The number of halogens is 2. The summed E-state index contributed by atoms with van der Waals surface area (Å²) < 4.78 is 14.3. The van der Waals surface area contributed by atoms with Gasteiger partial charge in [0.25, 0.3) is 0 Å². The molecule has 2 saturated carbocycles. The molecule has 0 spiro atoms. The molecule has 0 N–H and O–H groups in total. The largest absolute Gasteiger partial charge is 0.247 e. The summed E-state index contributed by atoms with van der Waals surface area (Å²) in [4.78, 5) is 0. The van der Waals surface area contributed by atoms with Gasteiger partial charge < -0.3 is 0 Å². The molecule has 2 heteroatoms. The number of alkyl halides is 2. The molecule has 0 aromatic carbocycles. The van der Waals surface area contributed by atoms with Crippen molar-refractivity contribution in [1.29, 1.82) is 0 Å². The topological polar surface area (TPSA) is 0 Å². The van der Waals surface area contributed by atoms with Crippen molar-refractivity contribution < 1.29 is 4.39 Å². The van der Waals surface area contributed by atoms with Crippen molar-refractivity contribution in [1.82, 2.24) is 0 Å². The van der Waals surface area contributed by atoms with Crippen LogP contribution in [0.2, 0.25) is 0 Å². The summed E-state index contributed by atoms with van der Waals surface area (Å²) in [6, 6.07) is 0. The Balaban J connectivity index is 1.82. The average molecular weight is 261 g/mol. The molecular weight excluding hydrogens is 235 g/mol. The summed E-state index contributed by atoms with van der Waals surface area (Å²) in [5.41, 5.74) is 0. The normalized spacial score (nSPS) is 43.6. The molecule has 100 valence electrons. The summed E-state index contributed by atoms with van der Waals surface area (Å²) in [5, 5.41) is 0.362. The molecule has 2 rings (SSSR count). The fraction of sp³-hybridized carbons (Fsp3) is 1.00. The van der Waals surface area contributed by atoms with E-state index in [-0.39, 0.29) is 0 Å². The van der Waals surface area contributed by atoms with Crippen LogP contribution in [0.15, 0.2) is 0 Å². The summed E-state index contributed by atoms with van der Waals surface area (Å²) >= 11 is 6.13. The van der Waals surface area contributed by atoms with Crippen LogP contribution in [-0.4, -0.2) is 11.5 Å². The number of rotatable bonds is 3. The molecule has 3 atom stereocenters. The van der Waals surface area contributed by atoms with E-state index in [9.17, 15) is 4.39 Å². The molecule has 0 nitrogen and oxygen atoms in total. The SMILES string of the molecule is CCCC1CCC(C2CCC(Cl)CC2)C(F)C1.